The lowest BCUT2D eigenvalue weighted by Crippen LogP contribution is -2.53. The van der Waals surface area contributed by atoms with Crippen LogP contribution in [0.15, 0.2) is 18.5 Å². The highest BCUT2D eigenvalue weighted by atomic mass is 16.5. The van der Waals surface area contributed by atoms with Crippen molar-refractivity contribution in [2.24, 2.45) is 0 Å². The van der Waals surface area contributed by atoms with Crippen LogP contribution in [0.2, 0.25) is 0 Å². The highest BCUT2D eigenvalue weighted by molar-refractivity contribution is 5.81. The van der Waals surface area contributed by atoms with Crippen LogP contribution in [0.1, 0.15) is 19.8 Å². The van der Waals surface area contributed by atoms with E-state index in [0.29, 0.717) is 19.7 Å². The average molecular weight is 322 g/mol. The van der Waals surface area contributed by atoms with E-state index in [0.717, 1.165) is 32.5 Å². The third-order valence-corrected chi connectivity index (χ3v) is 4.58. The van der Waals surface area contributed by atoms with Crippen LogP contribution in [-0.4, -0.2) is 71.7 Å². The molecule has 3 heterocycles. The second kappa shape index (κ2) is 7.90. The number of carbonyl (C=O) groups is 1. The molecule has 1 amide bonds. The van der Waals surface area contributed by atoms with Crippen LogP contribution in [0.25, 0.3) is 0 Å². The van der Waals surface area contributed by atoms with Crippen LogP contribution in [0.4, 0.5) is 0 Å². The van der Waals surface area contributed by atoms with Gasteiger partial charge in [-0.2, -0.15) is 5.10 Å². The van der Waals surface area contributed by atoms with Crippen molar-refractivity contribution in [3.8, 4) is 0 Å². The van der Waals surface area contributed by atoms with Gasteiger partial charge in [-0.25, -0.2) is 0 Å². The Kier molecular flexibility index (Phi) is 5.64. The van der Waals surface area contributed by atoms with Gasteiger partial charge in [0, 0.05) is 38.6 Å². The van der Waals surface area contributed by atoms with Gasteiger partial charge in [-0.05, 0) is 25.8 Å². The molecule has 0 aromatic carbocycles. The standard InChI is InChI=1S/C16H26N4O3/c1-13(16(21)17-10-14-4-2-8-22-14)19-7-9-23-15(11-19)12-20-6-3-5-18-20/h3,5-6,13-15H,2,4,7-12H2,1H3,(H,17,21)/t13-,14+,15-/m1/s1. The Hall–Kier alpha value is -1.44. The van der Waals surface area contributed by atoms with Crippen molar-refractivity contribution in [3.63, 3.8) is 0 Å². The molecule has 3 atom stereocenters. The van der Waals surface area contributed by atoms with Gasteiger partial charge in [-0.15, -0.1) is 0 Å². The molecule has 1 aromatic heterocycles. The molecule has 2 aliphatic rings. The van der Waals surface area contributed by atoms with Gasteiger partial charge in [0.1, 0.15) is 0 Å². The molecule has 0 aliphatic carbocycles. The number of nitrogens with zero attached hydrogens (tertiary/aromatic N) is 3. The zero-order valence-corrected chi connectivity index (χ0v) is 13.7. The zero-order valence-electron chi connectivity index (χ0n) is 13.7. The van der Waals surface area contributed by atoms with E-state index < -0.39 is 0 Å². The first-order valence-electron chi connectivity index (χ1n) is 8.45. The van der Waals surface area contributed by atoms with Crippen LogP contribution in [0, 0.1) is 0 Å². The summed E-state index contributed by atoms with van der Waals surface area (Å²) in [5.74, 6) is 0.0697. The number of morpholine rings is 1. The van der Waals surface area contributed by atoms with Gasteiger partial charge in [0.2, 0.25) is 5.91 Å². The Balaban J connectivity index is 1.45. The molecule has 1 aromatic rings. The monoisotopic (exact) mass is 322 g/mol. The quantitative estimate of drug-likeness (QED) is 0.814. The molecule has 0 unspecified atom stereocenters. The maximum Gasteiger partial charge on any atom is 0.237 e. The molecule has 3 rings (SSSR count). The Morgan fingerprint density at radius 1 is 1.39 bits per heavy atom. The van der Waals surface area contributed by atoms with E-state index in [-0.39, 0.29) is 24.2 Å². The van der Waals surface area contributed by atoms with Crippen LogP contribution >= 0.6 is 0 Å². The van der Waals surface area contributed by atoms with E-state index in [1.165, 1.54) is 0 Å². The lowest BCUT2D eigenvalue weighted by atomic mass is 10.2. The van der Waals surface area contributed by atoms with E-state index in [1.807, 2.05) is 23.9 Å². The molecule has 2 saturated heterocycles. The van der Waals surface area contributed by atoms with E-state index >= 15 is 0 Å². The maximum atomic E-state index is 12.4. The summed E-state index contributed by atoms with van der Waals surface area (Å²) in [7, 11) is 0. The van der Waals surface area contributed by atoms with Crippen LogP contribution in [-0.2, 0) is 20.8 Å². The summed E-state index contributed by atoms with van der Waals surface area (Å²) in [6.45, 7) is 6.28. The minimum Gasteiger partial charge on any atom is -0.376 e. The molecule has 1 N–H and O–H groups in total. The molecule has 0 saturated carbocycles. The van der Waals surface area contributed by atoms with E-state index in [2.05, 4.69) is 15.3 Å². The summed E-state index contributed by atoms with van der Waals surface area (Å²) in [5, 5.41) is 7.23. The van der Waals surface area contributed by atoms with Gasteiger partial charge < -0.3 is 14.8 Å². The fourth-order valence-corrected chi connectivity index (χ4v) is 3.15. The van der Waals surface area contributed by atoms with Crippen molar-refractivity contribution in [2.75, 3.05) is 32.8 Å². The lowest BCUT2D eigenvalue weighted by molar-refractivity contribution is -0.130. The third-order valence-electron chi connectivity index (χ3n) is 4.58. The maximum absolute atomic E-state index is 12.4. The number of nitrogens with one attached hydrogen (secondary N) is 1. The van der Waals surface area contributed by atoms with Crippen molar-refractivity contribution in [1.29, 1.82) is 0 Å². The summed E-state index contributed by atoms with van der Waals surface area (Å²) in [5.41, 5.74) is 0. The number of aromatic nitrogens is 2. The van der Waals surface area contributed by atoms with Gasteiger partial charge in [0.25, 0.3) is 0 Å². The first-order chi connectivity index (χ1) is 11.2. The molecular formula is C16H26N4O3. The largest absolute Gasteiger partial charge is 0.376 e. The second-order valence-electron chi connectivity index (χ2n) is 6.27. The van der Waals surface area contributed by atoms with Gasteiger partial charge in [-0.1, -0.05) is 0 Å². The van der Waals surface area contributed by atoms with Gasteiger partial charge in [0.05, 0.1) is 31.4 Å². The number of ether oxygens (including phenoxy) is 2. The predicted octanol–water partition coefficient (Wildman–Crippen LogP) is 0.268. The summed E-state index contributed by atoms with van der Waals surface area (Å²) in [6, 6.07) is 1.75. The minimum absolute atomic E-state index is 0.0667. The smallest absolute Gasteiger partial charge is 0.237 e. The van der Waals surface area contributed by atoms with Crippen molar-refractivity contribution < 1.29 is 14.3 Å². The Bertz CT molecular complexity index is 488. The molecule has 2 aliphatic heterocycles. The van der Waals surface area contributed by atoms with Crippen molar-refractivity contribution >= 4 is 5.91 Å². The third kappa shape index (κ3) is 4.53. The Morgan fingerprint density at radius 3 is 3.00 bits per heavy atom. The molecular weight excluding hydrogens is 296 g/mol. The highest BCUT2D eigenvalue weighted by Gasteiger charge is 2.28. The lowest BCUT2D eigenvalue weighted by Gasteiger charge is -2.36. The molecule has 7 nitrogen and oxygen atoms in total. The predicted molar refractivity (Wildman–Crippen MR) is 85.0 cm³/mol. The van der Waals surface area contributed by atoms with E-state index in [1.54, 1.807) is 6.20 Å². The Labute approximate surface area is 136 Å². The number of amides is 1. The van der Waals surface area contributed by atoms with Crippen molar-refractivity contribution in [3.05, 3.63) is 18.5 Å². The van der Waals surface area contributed by atoms with Gasteiger partial charge in [-0.3, -0.25) is 14.4 Å². The minimum atomic E-state index is -0.152. The van der Waals surface area contributed by atoms with E-state index in [9.17, 15) is 4.79 Å². The molecule has 128 valence electrons. The van der Waals surface area contributed by atoms with Crippen molar-refractivity contribution in [2.45, 2.75) is 44.6 Å². The SMILES string of the molecule is C[C@H](C(=O)NC[C@@H]1CCCO1)N1CCO[C@@H](Cn2cccn2)C1. The molecule has 0 bridgehead atoms. The fraction of sp³-hybridized carbons (Fsp3) is 0.750. The first-order valence-corrected chi connectivity index (χ1v) is 8.45. The number of hydrogen-bond donors (Lipinski definition) is 1. The molecule has 7 heteroatoms. The molecule has 23 heavy (non-hydrogen) atoms. The van der Waals surface area contributed by atoms with Crippen LogP contribution < -0.4 is 5.32 Å². The number of carbonyl (C=O) groups excluding carboxylic acids is 1. The molecule has 0 radical (unpaired) electrons. The van der Waals surface area contributed by atoms with Gasteiger partial charge in [0.15, 0.2) is 0 Å². The molecule has 2 fully saturated rings. The normalized spacial score (nSPS) is 27.0. The average Bonchev–Trinajstić information content (AvgIpc) is 3.25. The summed E-state index contributed by atoms with van der Waals surface area (Å²) < 4.78 is 13.2. The van der Waals surface area contributed by atoms with E-state index in [4.69, 9.17) is 9.47 Å². The van der Waals surface area contributed by atoms with Crippen LogP contribution in [0.5, 0.6) is 0 Å². The Morgan fingerprint density at radius 2 is 2.26 bits per heavy atom. The summed E-state index contributed by atoms with van der Waals surface area (Å²) in [6.07, 6.45) is 6.08. The molecule has 0 spiro atoms. The first kappa shape index (κ1) is 16.4. The van der Waals surface area contributed by atoms with Crippen LogP contribution in [0.3, 0.4) is 0 Å². The second-order valence-corrected chi connectivity index (χ2v) is 6.27. The fourth-order valence-electron chi connectivity index (χ4n) is 3.15. The number of rotatable bonds is 6. The van der Waals surface area contributed by atoms with Gasteiger partial charge >= 0.3 is 0 Å². The topological polar surface area (TPSA) is 68.6 Å². The highest BCUT2D eigenvalue weighted by Crippen LogP contribution is 2.13. The van der Waals surface area contributed by atoms with Crippen molar-refractivity contribution in [1.82, 2.24) is 20.0 Å². The number of hydrogen-bond acceptors (Lipinski definition) is 5. The summed E-state index contributed by atoms with van der Waals surface area (Å²) >= 11 is 0. The summed E-state index contributed by atoms with van der Waals surface area (Å²) in [4.78, 5) is 14.5. The zero-order chi connectivity index (χ0) is 16.1.